The summed E-state index contributed by atoms with van der Waals surface area (Å²) in [5, 5.41) is 3.48. The van der Waals surface area contributed by atoms with Gasteiger partial charge in [-0.25, -0.2) is 0 Å². The zero-order valence-electron chi connectivity index (χ0n) is 15.0. The highest BCUT2D eigenvalue weighted by Gasteiger charge is 2.18. The molecule has 1 N–H and O–H groups in total. The van der Waals surface area contributed by atoms with Gasteiger partial charge in [-0.05, 0) is 69.1 Å². The zero-order chi connectivity index (χ0) is 16.3. The highest BCUT2D eigenvalue weighted by Crippen LogP contribution is 2.20. The molecular weight excluding hydrogens is 284 g/mol. The van der Waals surface area contributed by atoms with Crippen LogP contribution in [0.4, 0.5) is 0 Å². The Kier molecular flexibility index (Phi) is 8.48. The van der Waals surface area contributed by atoms with E-state index in [1.165, 1.54) is 50.9 Å². The van der Waals surface area contributed by atoms with Gasteiger partial charge in [0.2, 0.25) is 0 Å². The molecule has 0 radical (unpaired) electrons. The molecule has 1 aromatic rings. The second-order valence-corrected chi connectivity index (χ2v) is 6.73. The molecule has 0 aliphatic carbocycles. The third-order valence-corrected chi connectivity index (χ3v) is 4.74. The van der Waals surface area contributed by atoms with Gasteiger partial charge in [-0.1, -0.05) is 38.8 Å². The molecule has 1 saturated heterocycles. The number of unbranched alkanes of at least 4 members (excludes halogenated alkanes) is 2. The van der Waals surface area contributed by atoms with Crippen molar-refractivity contribution in [3.63, 3.8) is 0 Å². The molecule has 2 rings (SSSR count). The van der Waals surface area contributed by atoms with Crippen molar-refractivity contribution in [1.82, 2.24) is 10.2 Å². The molecule has 0 unspecified atom stereocenters. The SMILES string of the molecule is CCCCCOc1ccc(CN2CCC(CNCC)CC2)cc1. The number of ether oxygens (including phenoxy) is 1. The standard InChI is InChI=1S/C20H34N2O/c1-3-5-6-15-23-20-9-7-19(8-10-20)17-22-13-11-18(12-14-22)16-21-4-2/h7-10,18,21H,3-6,11-17H2,1-2H3. The van der Waals surface area contributed by atoms with E-state index in [0.717, 1.165) is 37.8 Å². The number of hydrogen-bond donors (Lipinski definition) is 1. The highest BCUT2D eigenvalue weighted by atomic mass is 16.5. The Balaban J connectivity index is 1.68. The number of piperidine rings is 1. The van der Waals surface area contributed by atoms with Gasteiger partial charge in [0.05, 0.1) is 6.61 Å². The lowest BCUT2D eigenvalue weighted by molar-refractivity contribution is 0.176. The molecule has 1 aromatic carbocycles. The fourth-order valence-corrected chi connectivity index (χ4v) is 3.19. The summed E-state index contributed by atoms with van der Waals surface area (Å²) in [4.78, 5) is 2.58. The molecule has 3 nitrogen and oxygen atoms in total. The summed E-state index contributed by atoms with van der Waals surface area (Å²) in [6, 6.07) is 8.69. The Hall–Kier alpha value is -1.06. The van der Waals surface area contributed by atoms with E-state index in [1.54, 1.807) is 0 Å². The summed E-state index contributed by atoms with van der Waals surface area (Å²) in [6.07, 6.45) is 6.30. The predicted molar refractivity (Wildman–Crippen MR) is 98.0 cm³/mol. The van der Waals surface area contributed by atoms with E-state index in [9.17, 15) is 0 Å². The Morgan fingerprint density at radius 3 is 2.48 bits per heavy atom. The van der Waals surface area contributed by atoms with E-state index in [2.05, 4.69) is 48.3 Å². The minimum absolute atomic E-state index is 0.840. The second-order valence-electron chi connectivity index (χ2n) is 6.73. The molecule has 0 amide bonds. The maximum atomic E-state index is 5.78. The molecular formula is C20H34N2O. The van der Waals surface area contributed by atoms with E-state index in [4.69, 9.17) is 4.74 Å². The number of hydrogen-bond acceptors (Lipinski definition) is 3. The van der Waals surface area contributed by atoms with E-state index in [0.29, 0.717) is 0 Å². The first kappa shape index (κ1) is 18.3. The molecule has 3 heteroatoms. The van der Waals surface area contributed by atoms with Crippen LogP contribution in [0, 0.1) is 5.92 Å². The zero-order valence-corrected chi connectivity index (χ0v) is 15.0. The van der Waals surface area contributed by atoms with Gasteiger partial charge < -0.3 is 10.1 Å². The predicted octanol–water partition coefficient (Wildman–Crippen LogP) is 4.08. The van der Waals surface area contributed by atoms with Crippen molar-refractivity contribution in [2.75, 3.05) is 32.8 Å². The molecule has 23 heavy (non-hydrogen) atoms. The minimum Gasteiger partial charge on any atom is -0.494 e. The van der Waals surface area contributed by atoms with Gasteiger partial charge in [-0.15, -0.1) is 0 Å². The van der Waals surface area contributed by atoms with Crippen molar-refractivity contribution in [3.05, 3.63) is 29.8 Å². The summed E-state index contributed by atoms with van der Waals surface area (Å²) in [7, 11) is 0. The number of rotatable bonds is 10. The molecule has 0 aromatic heterocycles. The third-order valence-electron chi connectivity index (χ3n) is 4.74. The smallest absolute Gasteiger partial charge is 0.119 e. The number of nitrogens with one attached hydrogen (secondary N) is 1. The first-order valence-electron chi connectivity index (χ1n) is 9.46. The normalized spacial score (nSPS) is 16.6. The molecule has 0 saturated carbocycles. The molecule has 130 valence electrons. The van der Waals surface area contributed by atoms with Crippen LogP contribution in [0.5, 0.6) is 5.75 Å². The molecule has 0 atom stereocenters. The van der Waals surface area contributed by atoms with Crippen LogP contribution in [0.1, 0.15) is 51.5 Å². The van der Waals surface area contributed by atoms with Crippen molar-refractivity contribution < 1.29 is 4.74 Å². The molecule has 1 fully saturated rings. The van der Waals surface area contributed by atoms with Gasteiger partial charge in [0.1, 0.15) is 5.75 Å². The van der Waals surface area contributed by atoms with Gasteiger partial charge in [0.25, 0.3) is 0 Å². The van der Waals surface area contributed by atoms with Crippen LogP contribution in [-0.4, -0.2) is 37.7 Å². The van der Waals surface area contributed by atoms with E-state index in [-0.39, 0.29) is 0 Å². The van der Waals surface area contributed by atoms with E-state index in [1.807, 2.05) is 0 Å². The highest BCUT2D eigenvalue weighted by molar-refractivity contribution is 5.27. The van der Waals surface area contributed by atoms with Crippen LogP contribution < -0.4 is 10.1 Å². The molecule has 0 spiro atoms. The Morgan fingerprint density at radius 1 is 1.09 bits per heavy atom. The van der Waals surface area contributed by atoms with Crippen LogP contribution in [0.3, 0.4) is 0 Å². The van der Waals surface area contributed by atoms with Crippen molar-refractivity contribution in [2.24, 2.45) is 5.92 Å². The third kappa shape index (κ3) is 6.92. The van der Waals surface area contributed by atoms with Gasteiger partial charge in [0.15, 0.2) is 0 Å². The summed E-state index contributed by atoms with van der Waals surface area (Å²) in [5.74, 6) is 1.87. The maximum Gasteiger partial charge on any atom is 0.119 e. The topological polar surface area (TPSA) is 24.5 Å². The summed E-state index contributed by atoms with van der Waals surface area (Å²) < 4.78 is 5.78. The van der Waals surface area contributed by atoms with Crippen molar-refractivity contribution in [1.29, 1.82) is 0 Å². The van der Waals surface area contributed by atoms with Gasteiger partial charge in [-0.2, -0.15) is 0 Å². The van der Waals surface area contributed by atoms with Crippen LogP contribution in [0.25, 0.3) is 0 Å². The second kappa shape index (κ2) is 10.7. The summed E-state index contributed by atoms with van der Waals surface area (Å²) in [5.41, 5.74) is 1.40. The minimum atomic E-state index is 0.840. The van der Waals surface area contributed by atoms with E-state index < -0.39 is 0 Å². The van der Waals surface area contributed by atoms with E-state index >= 15 is 0 Å². The Labute approximate surface area is 142 Å². The monoisotopic (exact) mass is 318 g/mol. The van der Waals surface area contributed by atoms with Crippen molar-refractivity contribution in [2.45, 2.75) is 52.5 Å². The van der Waals surface area contributed by atoms with Crippen LogP contribution in [0.15, 0.2) is 24.3 Å². The van der Waals surface area contributed by atoms with Gasteiger partial charge in [-0.3, -0.25) is 4.90 Å². The average molecular weight is 319 g/mol. The Bertz CT molecular complexity index is 410. The molecule has 1 heterocycles. The lowest BCUT2D eigenvalue weighted by atomic mass is 9.96. The fourth-order valence-electron chi connectivity index (χ4n) is 3.19. The quantitative estimate of drug-likeness (QED) is 0.658. The van der Waals surface area contributed by atoms with Crippen LogP contribution >= 0.6 is 0 Å². The van der Waals surface area contributed by atoms with Crippen LogP contribution in [0.2, 0.25) is 0 Å². The number of likely N-dealkylation sites (tertiary alicyclic amines) is 1. The lowest BCUT2D eigenvalue weighted by Gasteiger charge is -2.32. The lowest BCUT2D eigenvalue weighted by Crippen LogP contribution is -2.36. The molecule has 1 aliphatic heterocycles. The summed E-state index contributed by atoms with van der Waals surface area (Å²) in [6.45, 7) is 11.1. The van der Waals surface area contributed by atoms with Crippen LogP contribution in [-0.2, 0) is 6.54 Å². The summed E-state index contributed by atoms with van der Waals surface area (Å²) >= 11 is 0. The van der Waals surface area contributed by atoms with Gasteiger partial charge in [0, 0.05) is 6.54 Å². The number of nitrogens with zero attached hydrogens (tertiary/aromatic N) is 1. The number of benzene rings is 1. The fraction of sp³-hybridized carbons (Fsp3) is 0.700. The first-order valence-corrected chi connectivity index (χ1v) is 9.46. The van der Waals surface area contributed by atoms with Crippen molar-refractivity contribution in [3.8, 4) is 5.75 Å². The van der Waals surface area contributed by atoms with Crippen molar-refractivity contribution >= 4 is 0 Å². The Morgan fingerprint density at radius 2 is 1.83 bits per heavy atom. The largest absolute Gasteiger partial charge is 0.494 e. The molecule has 1 aliphatic rings. The first-order chi connectivity index (χ1) is 11.3. The maximum absolute atomic E-state index is 5.78. The average Bonchev–Trinajstić information content (AvgIpc) is 2.59. The van der Waals surface area contributed by atoms with Gasteiger partial charge >= 0.3 is 0 Å². The molecule has 0 bridgehead atoms.